The molecule has 1 aromatic rings. The monoisotopic (exact) mass is 362 g/mol. The Morgan fingerprint density at radius 1 is 1.12 bits per heavy atom. The van der Waals surface area contributed by atoms with Gasteiger partial charge in [0.15, 0.2) is 11.5 Å². The number of benzene rings is 1. The lowest BCUT2D eigenvalue weighted by molar-refractivity contribution is -0.127. The third-order valence-electron chi connectivity index (χ3n) is 4.65. The molecule has 0 saturated carbocycles. The second-order valence-corrected chi connectivity index (χ2v) is 6.37. The van der Waals surface area contributed by atoms with Crippen molar-refractivity contribution in [2.75, 3.05) is 60.7 Å². The summed E-state index contributed by atoms with van der Waals surface area (Å²) >= 11 is 0. The molecular formula is C19H26N2O5. The van der Waals surface area contributed by atoms with E-state index in [1.807, 2.05) is 17.0 Å². The minimum absolute atomic E-state index is 0.0149. The molecule has 26 heavy (non-hydrogen) atoms. The first-order valence-corrected chi connectivity index (χ1v) is 8.75. The molecule has 1 unspecified atom stereocenters. The van der Waals surface area contributed by atoms with Crippen molar-refractivity contribution in [1.29, 1.82) is 0 Å². The summed E-state index contributed by atoms with van der Waals surface area (Å²) < 4.78 is 21.3. The van der Waals surface area contributed by atoms with Crippen LogP contribution in [0.1, 0.15) is 5.56 Å². The van der Waals surface area contributed by atoms with Crippen LogP contribution in [-0.4, -0.2) is 82.5 Å². The van der Waals surface area contributed by atoms with E-state index >= 15 is 0 Å². The van der Waals surface area contributed by atoms with Crippen molar-refractivity contribution < 1.29 is 23.7 Å². The predicted octanol–water partition coefficient (Wildman–Crippen LogP) is 1.27. The van der Waals surface area contributed by atoms with E-state index in [1.54, 1.807) is 33.5 Å². The topological polar surface area (TPSA) is 63.8 Å². The van der Waals surface area contributed by atoms with Crippen LogP contribution in [-0.2, 0) is 9.53 Å². The summed E-state index contributed by atoms with van der Waals surface area (Å²) in [5.74, 6) is 1.68. The van der Waals surface area contributed by atoms with E-state index in [2.05, 4.69) is 4.90 Å². The molecule has 0 bridgehead atoms. The number of hydrogen-bond acceptors (Lipinski definition) is 6. The van der Waals surface area contributed by atoms with Gasteiger partial charge in [0.1, 0.15) is 0 Å². The summed E-state index contributed by atoms with van der Waals surface area (Å²) in [4.78, 5) is 16.7. The van der Waals surface area contributed by atoms with Crippen LogP contribution in [0, 0.1) is 0 Å². The summed E-state index contributed by atoms with van der Waals surface area (Å²) in [6.07, 6.45) is 3.77. The van der Waals surface area contributed by atoms with Crippen LogP contribution in [0.25, 0.3) is 6.08 Å². The summed E-state index contributed by atoms with van der Waals surface area (Å²) in [5.41, 5.74) is 0.817. The molecule has 1 atom stereocenters. The summed E-state index contributed by atoms with van der Waals surface area (Å²) in [5, 5.41) is 0. The molecule has 0 radical (unpaired) electrons. The fourth-order valence-corrected chi connectivity index (χ4v) is 3.08. The van der Waals surface area contributed by atoms with Gasteiger partial charge in [0.05, 0.1) is 34.0 Å². The van der Waals surface area contributed by atoms with Gasteiger partial charge in [-0.15, -0.1) is 0 Å². The summed E-state index contributed by atoms with van der Waals surface area (Å²) in [7, 11) is 4.71. The van der Waals surface area contributed by atoms with Crippen LogP contribution in [0.3, 0.4) is 0 Å². The fourth-order valence-electron chi connectivity index (χ4n) is 3.08. The molecule has 7 nitrogen and oxygen atoms in total. The predicted molar refractivity (Wildman–Crippen MR) is 97.9 cm³/mol. The zero-order valence-electron chi connectivity index (χ0n) is 15.6. The second kappa shape index (κ2) is 8.42. The van der Waals surface area contributed by atoms with E-state index in [0.717, 1.165) is 44.9 Å². The minimum atomic E-state index is 0.0149. The molecule has 0 N–H and O–H groups in total. The third-order valence-corrected chi connectivity index (χ3v) is 4.65. The first kappa shape index (κ1) is 18.5. The van der Waals surface area contributed by atoms with Gasteiger partial charge < -0.3 is 23.8 Å². The lowest BCUT2D eigenvalue weighted by atomic mass is 10.1. The van der Waals surface area contributed by atoms with Crippen molar-refractivity contribution >= 4 is 12.0 Å². The van der Waals surface area contributed by atoms with Gasteiger partial charge in [0, 0.05) is 38.8 Å². The molecule has 3 rings (SSSR count). The zero-order valence-corrected chi connectivity index (χ0v) is 15.6. The Hall–Kier alpha value is -2.25. The molecule has 1 amide bonds. The van der Waals surface area contributed by atoms with Crippen molar-refractivity contribution in [2.24, 2.45) is 0 Å². The largest absolute Gasteiger partial charge is 0.493 e. The molecule has 0 spiro atoms. The van der Waals surface area contributed by atoms with Gasteiger partial charge in [0.25, 0.3) is 0 Å². The number of hydrogen-bond donors (Lipinski definition) is 0. The Balaban J connectivity index is 1.61. The fraction of sp³-hybridized carbons (Fsp3) is 0.526. The van der Waals surface area contributed by atoms with Gasteiger partial charge in [-0.3, -0.25) is 9.69 Å². The lowest BCUT2D eigenvalue weighted by Crippen LogP contribution is -2.49. The lowest BCUT2D eigenvalue weighted by Gasteiger charge is -2.33. The summed E-state index contributed by atoms with van der Waals surface area (Å²) in [6, 6.07) is 3.64. The molecule has 142 valence electrons. The number of nitrogens with zero attached hydrogens (tertiary/aromatic N) is 2. The second-order valence-electron chi connectivity index (χ2n) is 6.37. The molecular weight excluding hydrogens is 336 g/mol. The highest BCUT2D eigenvalue weighted by Crippen LogP contribution is 2.38. The molecule has 2 fully saturated rings. The van der Waals surface area contributed by atoms with Gasteiger partial charge in [0.2, 0.25) is 11.7 Å². The summed E-state index contributed by atoms with van der Waals surface area (Å²) in [6.45, 7) is 5.11. The van der Waals surface area contributed by atoms with Crippen LogP contribution in [0.4, 0.5) is 0 Å². The number of methoxy groups -OCH3 is 3. The van der Waals surface area contributed by atoms with Crippen molar-refractivity contribution in [3.63, 3.8) is 0 Å². The first-order valence-electron chi connectivity index (χ1n) is 8.75. The van der Waals surface area contributed by atoms with Crippen molar-refractivity contribution in [2.45, 2.75) is 6.10 Å². The number of piperazine rings is 1. The highest BCUT2D eigenvalue weighted by atomic mass is 16.6. The van der Waals surface area contributed by atoms with E-state index in [4.69, 9.17) is 18.9 Å². The quantitative estimate of drug-likeness (QED) is 0.538. The van der Waals surface area contributed by atoms with Gasteiger partial charge in [-0.1, -0.05) is 0 Å². The number of carbonyl (C=O) groups excluding carboxylic acids is 1. The highest BCUT2D eigenvalue weighted by molar-refractivity contribution is 5.92. The van der Waals surface area contributed by atoms with Crippen LogP contribution in [0.5, 0.6) is 17.2 Å². The molecule has 1 aromatic carbocycles. The molecule has 0 aromatic heterocycles. The Morgan fingerprint density at radius 3 is 2.23 bits per heavy atom. The number of epoxide rings is 1. The molecule has 2 aliphatic heterocycles. The smallest absolute Gasteiger partial charge is 0.246 e. The Labute approximate surface area is 154 Å². The number of amides is 1. The van der Waals surface area contributed by atoms with Gasteiger partial charge in [-0.05, 0) is 23.8 Å². The number of carbonyl (C=O) groups is 1. The molecule has 2 heterocycles. The average Bonchev–Trinajstić information content (AvgIpc) is 3.49. The van der Waals surface area contributed by atoms with Crippen molar-refractivity contribution in [3.8, 4) is 17.2 Å². The molecule has 2 aliphatic rings. The average molecular weight is 362 g/mol. The maximum Gasteiger partial charge on any atom is 0.246 e. The Kier molecular flexibility index (Phi) is 6.00. The van der Waals surface area contributed by atoms with Crippen LogP contribution >= 0.6 is 0 Å². The third kappa shape index (κ3) is 4.47. The highest BCUT2D eigenvalue weighted by Gasteiger charge is 2.28. The maximum absolute atomic E-state index is 12.5. The first-order chi connectivity index (χ1) is 12.6. The SMILES string of the molecule is COc1cc(C=CC(=O)N2CCN(CC3CO3)CC2)cc(OC)c1OC. The molecule has 7 heteroatoms. The maximum atomic E-state index is 12.5. The van der Waals surface area contributed by atoms with E-state index in [1.165, 1.54) is 0 Å². The van der Waals surface area contributed by atoms with E-state index < -0.39 is 0 Å². The molecule has 0 aliphatic carbocycles. The number of ether oxygens (including phenoxy) is 4. The van der Waals surface area contributed by atoms with Crippen LogP contribution in [0.15, 0.2) is 18.2 Å². The van der Waals surface area contributed by atoms with Gasteiger partial charge in [-0.2, -0.15) is 0 Å². The normalized spacial score (nSPS) is 20.3. The van der Waals surface area contributed by atoms with E-state index in [-0.39, 0.29) is 5.91 Å². The van der Waals surface area contributed by atoms with E-state index in [0.29, 0.717) is 23.4 Å². The zero-order chi connectivity index (χ0) is 18.5. The van der Waals surface area contributed by atoms with Gasteiger partial charge in [-0.25, -0.2) is 0 Å². The van der Waals surface area contributed by atoms with E-state index in [9.17, 15) is 4.79 Å². The Bertz CT molecular complexity index is 639. The number of rotatable bonds is 7. The van der Waals surface area contributed by atoms with Crippen LogP contribution < -0.4 is 14.2 Å². The van der Waals surface area contributed by atoms with Crippen molar-refractivity contribution in [1.82, 2.24) is 9.80 Å². The van der Waals surface area contributed by atoms with Crippen LogP contribution in [0.2, 0.25) is 0 Å². The molecule has 2 saturated heterocycles. The Morgan fingerprint density at radius 2 is 1.73 bits per heavy atom. The standard InChI is InChI=1S/C19H26N2O5/c1-23-16-10-14(11-17(24-2)19(16)25-3)4-5-18(22)21-8-6-20(7-9-21)12-15-13-26-15/h4-5,10-11,15H,6-9,12-13H2,1-3H3. The van der Waals surface area contributed by atoms with Crippen molar-refractivity contribution in [3.05, 3.63) is 23.8 Å². The van der Waals surface area contributed by atoms with Gasteiger partial charge >= 0.3 is 0 Å². The minimum Gasteiger partial charge on any atom is -0.493 e.